The molecule has 2 atom stereocenters. The van der Waals surface area contributed by atoms with Gasteiger partial charge in [-0.15, -0.1) is 0 Å². The molecule has 0 aromatic heterocycles. The van der Waals surface area contributed by atoms with Crippen molar-refractivity contribution in [1.82, 2.24) is 0 Å². The second-order valence-corrected chi connectivity index (χ2v) is 6.67. The first kappa shape index (κ1) is 15.2. The van der Waals surface area contributed by atoms with Crippen LogP contribution in [0.1, 0.15) is 36.8 Å². The van der Waals surface area contributed by atoms with Gasteiger partial charge in [0, 0.05) is 5.92 Å². The van der Waals surface area contributed by atoms with Gasteiger partial charge in [-0.25, -0.2) is 0 Å². The second kappa shape index (κ2) is 6.64. The van der Waals surface area contributed by atoms with E-state index in [1.807, 2.05) is 0 Å². The maximum Gasteiger partial charge on any atom is 0.118 e. The molecule has 2 aromatic carbocycles. The fourth-order valence-electron chi connectivity index (χ4n) is 3.95. The van der Waals surface area contributed by atoms with Crippen LogP contribution in [-0.2, 0) is 0 Å². The zero-order valence-electron chi connectivity index (χ0n) is 14.1. The number of aliphatic imine (C=N–C) groups is 1. The van der Waals surface area contributed by atoms with Gasteiger partial charge in [0.2, 0.25) is 0 Å². The van der Waals surface area contributed by atoms with E-state index < -0.39 is 0 Å². The lowest BCUT2D eigenvalue weighted by Gasteiger charge is -2.34. The summed E-state index contributed by atoms with van der Waals surface area (Å²) in [4.78, 5) is 5.10. The first-order chi connectivity index (χ1) is 11.8. The predicted octanol–water partition coefficient (Wildman–Crippen LogP) is 5.14. The Bertz CT molecular complexity index is 758. The van der Waals surface area contributed by atoms with Gasteiger partial charge in [-0.2, -0.15) is 0 Å². The summed E-state index contributed by atoms with van der Waals surface area (Å²) in [6, 6.07) is 19.5. The van der Waals surface area contributed by atoms with E-state index in [9.17, 15) is 0 Å². The SMILES string of the molecule is COc1ccc(C2=CC(c3ccccc3)=N[C@@H]3CCCC[C@H]23)cc1. The van der Waals surface area contributed by atoms with E-state index in [1.165, 1.54) is 42.4 Å². The van der Waals surface area contributed by atoms with Gasteiger partial charge in [0.25, 0.3) is 0 Å². The summed E-state index contributed by atoms with van der Waals surface area (Å²) in [7, 11) is 1.71. The first-order valence-corrected chi connectivity index (χ1v) is 8.84. The summed E-state index contributed by atoms with van der Waals surface area (Å²) in [6.07, 6.45) is 7.36. The van der Waals surface area contributed by atoms with Gasteiger partial charge in [0.1, 0.15) is 5.75 Å². The van der Waals surface area contributed by atoms with Crippen LogP contribution >= 0.6 is 0 Å². The van der Waals surface area contributed by atoms with Gasteiger partial charge in [-0.1, -0.05) is 55.3 Å². The number of ether oxygens (including phenoxy) is 1. The smallest absolute Gasteiger partial charge is 0.118 e. The average molecular weight is 317 g/mol. The minimum absolute atomic E-state index is 0.427. The van der Waals surface area contributed by atoms with E-state index in [4.69, 9.17) is 9.73 Å². The van der Waals surface area contributed by atoms with E-state index in [0.717, 1.165) is 11.5 Å². The molecular weight excluding hydrogens is 294 g/mol. The molecule has 1 aliphatic heterocycles. The average Bonchev–Trinajstić information content (AvgIpc) is 2.68. The van der Waals surface area contributed by atoms with Crippen molar-refractivity contribution < 1.29 is 4.74 Å². The Hall–Kier alpha value is -2.35. The molecule has 2 aromatic rings. The van der Waals surface area contributed by atoms with Crippen LogP contribution in [-0.4, -0.2) is 18.9 Å². The molecule has 1 heterocycles. The first-order valence-electron chi connectivity index (χ1n) is 8.84. The quantitative estimate of drug-likeness (QED) is 0.768. The molecule has 2 aliphatic rings. The highest BCUT2D eigenvalue weighted by molar-refractivity contribution is 6.13. The highest BCUT2D eigenvalue weighted by Gasteiger charge is 2.31. The second-order valence-electron chi connectivity index (χ2n) is 6.67. The van der Waals surface area contributed by atoms with Gasteiger partial charge >= 0.3 is 0 Å². The van der Waals surface area contributed by atoms with Crippen molar-refractivity contribution >= 4 is 11.3 Å². The highest BCUT2D eigenvalue weighted by atomic mass is 16.5. The Balaban J connectivity index is 1.76. The van der Waals surface area contributed by atoms with Crippen molar-refractivity contribution in [3.8, 4) is 5.75 Å². The van der Waals surface area contributed by atoms with E-state index in [-0.39, 0.29) is 0 Å². The fourth-order valence-corrected chi connectivity index (χ4v) is 3.95. The number of dihydropyridines is 1. The number of hydrogen-bond donors (Lipinski definition) is 0. The van der Waals surface area contributed by atoms with Crippen LogP contribution in [0.25, 0.3) is 5.57 Å². The van der Waals surface area contributed by atoms with Crippen LogP contribution in [0.3, 0.4) is 0 Å². The van der Waals surface area contributed by atoms with Crippen LogP contribution < -0.4 is 4.74 Å². The van der Waals surface area contributed by atoms with Crippen LogP contribution in [0.15, 0.2) is 65.7 Å². The Kier molecular flexibility index (Phi) is 4.20. The van der Waals surface area contributed by atoms with Crippen molar-refractivity contribution in [2.45, 2.75) is 31.7 Å². The molecule has 0 amide bonds. The van der Waals surface area contributed by atoms with E-state index in [0.29, 0.717) is 12.0 Å². The topological polar surface area (TPSA) is 21.6 Å². The number of methoxy groups -OCH3 is 1. The third kappa shape index (κ3) is 2.89. The molecule has 2 nitrogen and oxygen atoms in total. The molecule has 0 radical (unpaired) electrons. The van der Waals surface area contributed by atoms with Crippen LogP contribution in [0.5, 0.6) is 5.75 Å². The van der Waals surface area contributed by atoms with Crippen molar-refractivity contribution in [2.75, 3.05) is 7.11 Å². The summed E-state index contributed by atoms with van der Waals surface area (Å²) < 4.78 is 5.31. The van der Waals surface area contributed by atoms with Crippen molar-refractivity contribution in [1.29, 1.82) is 0 Å². The number of benzene rings is 2. The zero-order chi connectivity index (χ0) is 16.4. The van der Waals surface area contributed by atoms with Crippen molar-refractivity contribution in [2.24, 2.45) is 10.9 Å². The number of hydrogen-bond acceptors (Lipinski definition) is 2. The molecule has 24 heavy (non-hydrogen) atoms. The lowest BCUT2D eigenvalue weighted by molar-refractivity contribution is 0.371. The third-order valence-corrected chi connectivity index (χ3v) is 5.22. The third-order valence-electron chi connectivity index (χ3n) is 5.22. The lowest BCUT2D eigenvalue weighted by Crippen LogP contribution is -2.29. The molecule has 0 saturated heterocycles. The summed E-state index contributed by atoms with van der Waals surface area (Å²) in [5.74, 6) is 1.46. The summed E-state index contributed by atoms with van der Waals surface area (Å²) in [6.45, 7) is 0. The molecule has 4 rings (SSSR count). The molecule has 0 spiro atoms. The van der Waals surface area contributed by atoms with Crippen molar-refractivity contribution in [3.05, 3.63) is 71.8 Å². The minimum Gasteiger partial charge on any atom is -0.497 e. The molecule has 122 valence electrons. The van der Waals surface area contributed by atoms with E-state index >= 15 is 0 Å². The number of nitrogens with zero attached hydrogens (tertiary/aromatic N) is 1. The van der Waals surface area contributed by atoms with Gasteiger partial charge in [0.15, 0.2) is 0 Å². The maximum atomic E-state index is 5.31. The molecule has 1 aliphatic carbocycles. The van der Waals surface area contributed by atoms with Gasteiger partial charge in [-0.3, -0.25) is 4.99 Å². The van der Waals surface area contributed by atoms with E-state index in [1.54, 1.807) is 7.11 Å². The summed E-state index contributed by atoms with van der Waals surface area (Å²) >= 11 is 0. The normalized spacial score (nSPS) is 23.0. The Morgan fingerprint density at radius 2 is 1.62 bits per heavy atom. The Morgan fingerprint density at radius 3 is 2.38 bits per heavy atom. The minimum atomic E-state index is 0.427. The maximum absolute atomic E-state index is 5.31. The molecular formula is C22H23NO. The number of allylic oxidation sites excluding steroid dienone is 1. The van der Waals surface area contributed by atoms with Crippen LogP contribution in [0.4, 0.5) is 0 Å². The van der Waals surface area contributed by atoms with Crippen LogP contribution in [0.2, 0.25) is 0 Å². The largest absolute Gasteiger partial charge is 0.497 e. The fraction of sp³-hybridized carbons (Fsp3) is 0.318. The van der Waals surface area contributed by atoms with E-state index in [2.05, 4.69) is 60.7 Å². The molecule has 2 heteroatoms. The zero-order valence-corrected chi connectivity index (χ0v) is 14.1. The lowest BCUT2D eigenvalue weighted by atomic mass is 9.75. The number of fused-ring (bicyclic) bond motifs is 1. The monoisotopic (exact) mass is 317 g/mol. The highest BCUT2D eigenvalue weighted by Crippen LogP contribution is 2.40. The van der Waals surface area contributed by atoms with Crippen LogP contribution in [0, 0.1) is 5.92 Å². The van der Waals surface area contributed by atoms with Gasteiger partial charge in [0.05, 0.1) is 18.9 Å². The van der Waals surface area contributed by atoms with Gasteiger partial charge in [-0.05, 0) is 47.8 Å². The standard InChI is InChI=1S/C22H23NO/c1-24-18-13-11-16(12-14-18)20-15-22(17-7-3-2-4-8-17)23-21-10-6-5-9-19(20)21/h2-4,7-8,11-15,19,21H,5-6,9-10H2,1H3/t19-,21-/m1/s1. The number of rotatable bonds is 3. The molecule has 0 bridgehead atoms. The summed E-state index contributed by atoms with van der Waals surface area (Å²) in [5, 5.41) is 0. The molecule has 0 unspecified atom stereocenters. The molecule has 1 saturated carbocycles. The summed E-state index contributed by atoms with van der Waals surface area (Å²) in [5.41, 5.74) is 5.09. The Morgan fingerprint density at radius 1 is 0.875 bits per heavy atom. The predicted molar refractivity (Wildman–Crippen MR) is 99.7 cm³/mol. The molecule has 0 N–H and O–H groups in total. The Labute approximate surface area is 143 Å². The van der Waals surface area contributed by atoms with Crippen molar-refractivity contribution in [3.63, 3.8) is 0 Å². The molecule has 1 fully saturated rings. The van der Waals surface area contributed by atoms with Gasteiger partial charge < -0.3 is 4.74 Å².